The molecule has 0 aromatic heterocycles. The monoisotopic (exact) mass is 373 g/mol. The molecule has 1 aliphatic heterocycles. The number of hydrogen-bond donors (Lipinski definition) is 1. The lowest BCUT2D eigenvalue weighted by atomic mass is 10.2. The minimum absolute atomic E-state index is 0.00677. The van der Waals surface area contributed by atoms with Gasteiger partial charge in [-0.3, -0.25) is 4.79 Å². The molecule has 0 spiro atoms. The maximum Gasteiger partial charge on any atom is 0.305 e. The van der Waals surface area contributed by atoms with E-state index in [1.54, 1.807) is 6.92 Å². The van der Waals surface area contributed by atoms with E-state index in [-0.39, 0.29) is 28.7 Å². The minimum Gasteiger partial charge on any atom is -0.466 e. The lowest BCUT2D eigenvalue weighted by Crippen LogP contribution is -2.25. The van der Waals surface area contributed by atoms with Crippen molar-refractivity contribution < 1.29 is 26.4 Å². The molecule has 0 atom stereocenters. The number of benzene rings is 1. The number of unbranched alkanes of at least 4 members (excludes halogenated alkanes) is 1. The van der Waals surface area contributed by atoms with E-state index in [1.165, 1.54) is 18.2 Å². The molecule has 1 aliphatic rings. The summed E-state index contributed by atoms with van der Waals surface area (Å²) < 4.78 is 55.2. The fraction of sp³-hybridized carbons (Fsp3) is 0.400. The van der Waals surface area contributed by atoms with Gasteiger partial charge in [-0.25, -0.2) is 21.6 Å². The Morgan fingerprint density at radius 1 is 1.25 bits per heavy atom. The van der Waals surface area contributed by atoms with Gasteiger partial charge in [0.15, 0.2) is 9.84 Å². The van der Waals surface area contributed by atoms with Crippen molar-refractivity contribution in [1.82, 2.24) is 4.72 Å². The summed E-state index contributed by atoms with van der Waals surface area (Å²) in [5.74, 6) is -0.309. The molecule has 0 unspecified atom stereocenters. The lowest BCUT2D eigenvalue weighted by Gasteiger charge is -2.08. The van der Waals surface area contributed by atoms with Gasteiger partial charge < -0.3 is 4.74 Å². The molecule has 1 aromatic rings. The second kappa shape index (κ2) is 7.45. The van der Waals surface area contributed by atoms with Crippen LogP contribution in [0.15, 0.2) is 33.4 Å². The molecule has 0 saturated heterocycles. The summed E-state index contributed by atoms with van der Waals surface area (Å²) in [6, 6.07) is 3.99. The fourth-order valence-corrected chi connectivity index (χ4v) is 4.62. The molecular formula is C15H19NO6S2. The SMILES string of the molecule is CCOC(=O)CCCCNS(=O)(=O)c1ccc2c(c1)S(=O)(=O)C=C2. The highest BCUT2D eigenvalue weighted by Gasteiger charge is 2.24. The number of carbonyl (C=O) groups excluding carboxylic acids is 1. The standard InChI is InChI=1S/C15H19NO6S2/c1-2-22-15(17)5-3-4-9-16-24(20,21)13-7-6-12-8-10-23(18,19)14(12)11-13/h6-8,10-11,16H,2-5,9H2,1H3. The number of rotatable bonds is 8. The molecule has 7 nitrogen and oxygen atoms in total. The third-order valence-corrected chi connectivity index (χ3v) is 6.35. The molecule has 0 aliphatic carbocycles. The molecule has 1 N–H and O–H groups in total. The first-order valence-corrected chi connectivity index (χ1v) is 10.5. The average molecular weight is 373 g/mol. The molecule has 0 fully saturated rings. The summed E-state index contributed by atoms with van der Waals surface area (Å²) in [6.07, 6.45) is 2.65. The normalized spacial score (nSPS) is 15.2. The Hall–Kier alpha value is -1.71. The number of nitrogens with one attached hydrogen (secondary N) is 1. The van der Waals surface area contributed by atoms with Crippen LogP contribution in [-0.2, 0) is 29.4 Å². The molecule has 0 radical (unpaired) electrons. The van der Waals surface area contributed by atoms with Gasteiger partial charge in [-0.2, -0.15) is 0 Å². The summed E-state index contributed by atoms with van der Waals surface area (Å²) in [6.45, 7) is 2.20. The van der Waals surface area contributed by atoms with Crippen molar-refractivity contribution in [2.75, 3.05) is 13.2 Å². The molecule has 1 aromatic carbocycles. The average Bonchev–Trinajstić information content (AvgIpc) is 2.82. The topological polar surface area (TPSA) is 107 Å². The maximum absolute atomic E-state index is 12.2. The number of ether oxygens (including phenoxy) is 1. The Morgan fingerprint density at radius 2 is 2.00 bits per heavy atom. The molecule has 0 bridgehead atoms. The Balaban J connectivity index is 1.94. The van der Waals surface area contributed by atoms with E-state index in [2.05, 4.69) is 4.72 Å². The van der Waals surface area contributed by atoms with Gasteiger partial charge in [-0.1, -0.05) is 6.07 Å². The van der Waals surface area contributed by atoms with Gasteiger partial charge in [-0.15, -0.1) is 0 Å². The molecular weight excluding hydrogens is 354 g/mol. The van der Waals surface area contributed by atoms with Gasteiger partial charge in [0.2, 0.25) is 10.0 Å². The smallest absolute Gasteiger partial charge is 0.305 e. The Bertz CT molecular complexity index is 856. The van der Waals surface area contributed by atoms with Gasteiger partial charge in [0, 0.05) is 18.4 Å². The van der Waals surface area contributed by atoms with E-state index in [0.717, 1.165) is 11.5 Å². The summed E-state index contributed by atoms with van der Waals surface area (Å²) >= 11 is 0. The first-order chi connectivity index (χ1) is 11.3. The number of sulfonamides is 1. The van der Waals surface area contributed by atoms with Crippen LogP contribution < -0.4 is 4.72 Å². The van der Waals surface area contributed by atoms with Gasteiger partial charge in [0.1, 0.15) is 0 Å². The van der Waals surface area contributed by atoms with Crippen LogP contribution in [0, 0.1) is 0 Å². The Kier molecular flexibility index (Phi) is 5.79. The molecule has 2 rings (SSSR count). The summed E-state index contributed by atoms with van der Waals surface area (Å²) in [5.41, 5.74) is 0.475. The van der Waals surface area contributed by atoms with Crippen LogP contribution in [-0.4, -0.2) is 36.0 Å². The van der Waals surface area contributed by atoms with E-state index < -0.39 is 19.9 Å². The third-order valence-electron chi connectivity index (χ3n) is 3.43. The summed E-state index contributed by atoms with van der Waals surface area (Å²) in [5, 5.41) is 1.05. The highest BCUT2D eigenvalue weighted by atomic mass is 32.2. The van der Waals surface area contributed by atoms with Crippen molar-refractivity contribution in [3.63, 3.8) is 0 Å². The molecule has 9 heteroatoms. The van der Waals surface area contributed by atoms with Crippen LogP contribution >= 0.6 is 0 Å². The predicted molar refractivity (Wildman–Crippen MR) is 88.3 cm³/mol. The van der Waals surface area contributed by atoms with Gasteiger partial charge >= 0.3 is 5.97 Å². The highest BCUT2D eigenvalue weighted by Crippen LogP contribution is 2.28. The zero-order valence-electron chi connectivity index (χ0n) is 13.2. The number of hydrogen-bond acceptors (Lipinski definition) is 6. The molecule has 132 valence electrons. The summed E-state index contributed by atoms with van der Waals surface area (Å²) in [7, 11) is -7.36. The number of esters is 1. The van der Waals surface area contributed by atoms with E-state index in [0.29, 0.717) is 25.0 Å². The number of carbonyl (C=O) groups is 1. The molecule has 1 heterocycles. The van der Waals surface area contributed by atoms with Crippen molar-refractivity contribution >= 4 is 31.9 Å². The van der Waals surface area contributed by atoms with Crippen LogP contribution in [0.25, 0.3) is 6.08 Å². The van der Waals surface area contributed by atoms with E-state index in [4.69, 9.17) is 4.74 Å². The molecule has 0 amide bonds. The zero-order valence-corrected chi connectivity index (χ0v) is 14.8. The van der Waals surface area contributed by atoms with Crippen LogP contribution in [0.1, 0.15) is 31.7 Å². The zero-order chi connectivity index (χ0) is 17.8. The van der Waals surface area contributed by atoms with Crippen molar-refractivity contribution in [1.29, 1.82) is 0 Å². The molecule has 24 heavy (non-hydrogen) atoms. The Morgan fingerprint density at radius 3 is 2.71 bits per heavy atom. The van der Waals surface area contributed by atoms with Gasteiger partial charge in [-0.05, 0) is 43.5 Å². The first-order valence-electron chi connectivity index (χ1n) is 7.49. The third kappa shape index (κ3) is 4.43. The summed E-state index contributed by atoms with van der Waals surface area (Å²) in [4.78, 5) is 11.1. The molecule has 0 saturated carbocycles. The number of fused-ring (bicyclic) bond motifs is 1. The van der Waals surface area contributed by atoms with Crippen LogP contribution in [0.3, 0.4) is 0 Å². The van der Waals surface area contributed by atoms with E-state index in [9.17, 15) is 21.6 Å². The van der Waals surface area contributed by atoms with Gasteiger partial charge in [0.25, 0.3) is 0 Å². The van der Waals surface area contributed by atoms with Crippen molar-refractivity contribution in [3.05, 3.63) is 29.2 Å². The van der Waals surface area contributed by atoms with Gasteiger partial charge in [0.05, 0.1) is 16.4 Å². The number of sulfone groups is 1. The second-order valence-corrected chi connectivity index (χ2v) is 8.78. The quantitative estimate of drug-likeness (QED) is 0.546. The Labute approximate surface area is 141 Å². The van der Waals surface area contributed by atoms with E-state index in [1.807, 2.05) is 0 Å². The van der Waals surface area contributed by atoms with Crippen molar-refractivity contribution in [2.45, 2.75) is 36.0 Å². The largest absolute Gasteiger partial charge is 0.466 e. The van der Waals surface area contributed by atoms with Crippen LogP contribution in [0.2, 0.25) is 0 Å². The van der Waals surface area contributed by atoms with Crippen molar-refractivity contribution in [2.24, 2.45) is 0 Å². The van der Waals surface area contributed by atoms with Crippen LogP contribution in [0.5, 0.6) is 0 Å². The first kappa shape index (κ1) is 18.6. The fourth-order valence-electron chi connectivity index (χ4n) is 2.22. The van der Waals surface area contributed by atoms with E-state index >= 15 is 0 Å². The van der Waals surface area contributed by atoms with Crippen LogP contribution in [0.4, 0.5) is 0 Å². The lowest BCUT2D eigenvalue weighted by molar-refractivity contribution is -0.143. The predicted octanol–water partition coefficient (Wildman–Crippen LogP) is 1.46. The van der Waals surface area contributed by atoms with Crippen molar-refractivity contribution in [3.8, 4) is 0 Å². The highest BCUT2D eigenvalue weighted by molar-refractivity contribution is 7.95. The maximum atomic E-state index is 12.2. The second-order valence-electron chi connectivity index (χ2n) is 5.21. The minimum atomic E-state index is -3.80.